The highest BCUT2D eigenvalue weighted by atomic mass is 19.4. The molecular weight excluding hydrogens is 836 g/mol. The molecule has 3 fully saturated rings. The maximum absolute atomic E-state index is 13.5. The van der Waals surface area contributed by atoms with E-state index in [4.69, 9.17) is 29.0 Å². The highest BCUT2D eigenvalue weighted by Gasteiger charge is 2.48. The number of urea groups is 1. The molecule has 3 aliphatic heterocycles. The first-order valence-electron chi connectivity index (χ1n) is 20.2. The van der Waals surface area contributed by atoms with Crippen LogP contribution in [0, 0.1) is 0 Å². The summed E-state index contributed by atoms with van der Waals surface area (Å²) in [6.07, 6.45) is -8.76. The van der Waals surface area contributed by atoms with Crippen LogP contribution in [0.1, 0.15) is 55.0 Å². The number of methoxy groups -OCH3 is 2. The second-order valence-corrected chi connectivity index (χ2v) is 15.2. The van der Waals surface area contributed by atoms with Crippen molar-refractivity contribution >= 4 is 34.9 Å². The SMILES string of the molecule is CCn1nnc([C@H]2O[C@@H](n3cnc4c(NCC(c5ccc(OC)cc5)c5ccc(OC)cc5)nc(N5CC[C@@H](N(OC(=O)C(F)(F)F)C(=O)NC6CCNC6)C5)nc43)[C@@H](O)[C@@H]2O)n1. The lowest BCUT2D eigenvalue weighted by atomic mass is 9.91. The zero-order valence-corrected chi connectivity index (χ0v) is 34.3. The van der Waals surface area contributed by atoms with Gasteiger partial charge in [-0.25, -0.2) is 14.6 Å². The van der Waals surface area contributed by atoms with Gasteiger partial charge in [-0.3, -0.25) is 4.57 Å². The molecule has 336 valence electrons. The molecule has 5 aromatic rings. The van der Waals surface area contributed by atoms with Crippen LogP contribution in [-0.2, 0) is 20.9 Å². The number of hydroxylamine groups is 2. The largest absolute Gasteiger partial charge is 0.497 e. The lowest BCUT2D eigenvalue weighted by Gasteiger charge is -2.28. The highest BCUT2D eigenvalue weighted by Crippen LogP contribution is 2.40. The van der Waals surface area contributed by atoms with Crippen molar-refractivity contribution in [3.63, 3.8) is 0 Å². The molecule has 3 saturated heterocycles. The molecule has 0 spiro atoms. The van der Waals surface area contributed by atoms with Crippen LogP contribution in [0.4, 0.5) is 29.7 Å². The van der Waals surface area contributed by atoms with E-state index >= 15 is 0 Å². The standard InChI is InChI=1S/C39H46F3N13O8/c1-4-54-50-33(49-51-54)31-29(56)30(57)35(62-31)53-20-45-28-32(44-18-27(21-5-9-25(60-2)10-6-21)22-7-11-26(61-3)12-8-22)47-37(48-34(28)53)52-16-14-24(19-52)55(63-36(58)39(40,41)42)38(59)46-23-13-15-43-17-23/h5-12,20,23-24,27,29-31,35,43,56-57H,4,13-19H2,1-3H3,(H,46,59)(H,44,47,48)/t23?,24-,29+,30+,31+,35-/m1/s1. The fraction of sp³-hybridized carbons (Fsp3) is 0.487. The van der Waals surface area contributed by atoms with Crippen molar-refractivity contribution in [1.29, 1.82) is 0 Å². The van der Waals surface area contributed by atoms with Gasteiger partial charge in [0.05, 0.1) is 33.1 Å². The number of hydrogen-bond acceptors (Lipinski definition) is 17. The normalized spacial score (nSPS) is 22.5. The van der Waals surface area contributed by atoms with E-state index in [-0.39, 0.29) is 66.8 Å². The van der Waals surface area contributed by atoms with Crippen LogP contribution in [0.15, 0.2) is 54.9 Å². The lowest BCUT2D eigenvalue weighted by molar-refractivity contribution is -0.232. The van der Waals surface area contributed by atoms with Crippen molar-refractivity contribution in [2.45, 2.75) is 75.0 Å². The summed E-state index contributed by atoms with van der Waals surface area (Å²) in [6, 6.07) is 12.8. The molecule has 3 aliphatic rings. The van der Waals surface area contributed by atoms with E-state index in [0.717, 1.165) is 11.1 Å². The number of nitrogens with one attached hydrogen (secondary N) is 3. The Morgan fingerprint density at radius 1 is 1.02 bits per heavy atom. The number of aromatic nitrogens is 8. The van der Waals surface area contributed by atoms with Crippen LogP contribution in [0.5, 0.6) is 11.5 Å². The van der Waals surface area contributed by atoms with Crippen LogP contribution in [0.25, 0.3) is 11.2 Å². The van der Waals surface area contributed by atoms with E-state index in [1.54, 1.807) is 19.1 Å². The summed E-state index contributed by atoms with van der Waals surface area (Å²) in [4.78, 5) is 47.5. The third-order valence-corrected chi connectivity index (χ3v) is 11.2. The molecule has 0 bridgehead atoms. The number of anilines is 2. The van der Waals surface area contributed by atoms with E-state index in [2.05, 4.69) is 36.3 Å². The van der Waals surface area contributed by atoms with Crippen molar-refractivity contribution in [3.8, 4) is 11.5 Å². The van der Waals surface area contributed by atoms with E-state index in [9.17, 15) is 33.0 Å². The number of aliphatic hydroxyl groups is 2. The molecule has 2 amide bonds. The molecule has 0 saturated carbocycles. The Balaban J connectivity index is 1.14. The summed E-state index contributed by atoms with van der Waals surface area (Å²) in [6.45, 7) is 3.46. The van der Waals surface area contributed by atoms with Crippen molar-refractivity contribution in [1.82, 2.24) is 55.4 Å². The van der Waals surface area contributed by atoms with Gasteiger partial charge >= 0.3 is 18.2 Å². The molecule has 0 radical (unpaired) electrons. The number of amides is 2. The number of imidazole rings is 1. The Morgan fingerprint density at radius 2 is 1.71 bits per heavy atom. The van der Waals surface area contributed by atoms with Crippen LogP contribution < -0.4 is 30.3 Å². The third kappa shape index (κ3) is 9.10. The fourth-order valence-electron chi connectivity index (χ4n) is 7.82. The van der Waals surface area contributed by atoms with Gasteiger partial charge in [-0.05, 0) is 66.9 Å². The minimum atomic E-state index is -5.36. The molecular formula is C39H46F3N13O8. The maximum Gasteiger partial charge on any atom is 0.493 e. The van der Waals surface area contributed by atoms with Crippen LogP contribution in [0.2, 0.25) is 0 Å². The van der Waals surface area contributed by atoms with Gasteiger partial charge in [0.1, 0.15) is 23.7 Å². The van der Waals surface area contributed by atoms with Gasteiger partial charge < -0.3 is 50.1 Å². The average molecular weight is 882 g/mol. The number of halogens is 3. The summed E-state index contributed by atoms with van der Waals surface area (Å²) in [5.41, 5.74) is 2.28. The van der Waals surface area contributed by atoms with Crippen LogP contribution in [-0.4, -0.2) is 144 Å². The van der Waals surface area contributed by atoms with Gasteiger partial charge in [0.2, 0.25) is 11.8 Å². The molecule has 63 heavy (non-hydrogen) atoms. The highest BCUT2D eigenvalue weighted by molar-refractivity contribution is 5.85. The number of carbonyl (C=O) groups is 2. The number of ether oxygens (including phenoxy) is 3. The topological polar surface area (TPSA) is 241 Å². The van der Waals surface area contributed by atoms with Crippen LogP contribution in [0.3, 0.4) is 0 Å². The zero-order valence-electron chi connectivity index (χ0n) is 34.3. The number of carbonyl (C=O) groups excluding carboxylic acids is 2. The monoisotopic (exact) mass is 881 g/mol. The van der Waals surface area contributed by atoms with Crippen molar-refractivity contribution in [2.24, 2.45) is 0 Å². The molecule has 8 rings (SSSR count). The van der Waals surface area contributed by atoms with Gasteiger partial charge in [0.25, 0.3) is 0 Å². The summed E-state index contributed by atoms with van der Waals surface area (Å²) >= 11 is 0. The first-order valence-corrected chi connectivity index (χ1v) is 20.2. The lowest BCUT2D eigenvalue weighted by Crippen LogP contribution is -2.52. The molecule has 21 nitrogen and oxygen atoms in total. The van der Waals surface area contributed by atoms with Crippen molar-refractivity contribution in [2.75, 3.05) is 57.2 Å². The number of benzene rings is 2. The molecule has 3 aromatic heterocycles. The van der Waals surface area contributed by atoms with E-state index in [0.29, 0.717) is 42.6 Å². The predicted octanol–water partition coefficient (Wildman–Crippen LogP) is 2.06. The predicted molar refractivity (Wildman–Crippen MR) is 214 cm³/mol. The zero-order chi connectivity index (χ0) is 44.4. The van der Waals surface area contributed by atoms with E-state index in [1.165, 1.54) is 15.7 Å². The fourth-order valence-corrected chi connectivity index (χ4v) is 7.82. The van der Waals surface area contributed by atoms with Gasteiger partial charge in [-0.1, -0.05) is 24.3 Å². The Kier molecular flexibility index (Phi) is 12.5. The number of tetrazole rings is 1. The second kappa shape index (κ2) is 18.2. The number of hydrogen-bond donors (Lipinski definition) is 5. The quantitative estimate of drug-likeness (QED) is 0.106. The Bertz CT molecular complexity index is 2330. The average Bonchev–Trinajstić information content (AvgIpc) is 4.15. The number of aliphatic hydroxyl groups excluding tert-OH is 2. The minimum absolute atomic E-state index is 0.0585. The smallest absolute Gasteiger partial charge is 0.493 e. The first kappa shape index (κ1) is 43.3. The second-order valence-electron chi connectivity index (χ2n) is 15.2. The van der Waals surface area contributed by atoms with Crippen LogP contribution >= 0.6 is 0 Å². The minimum Gasteiger partial charge on any atom is -0.497 e. The van der Waals surface area contributed by atoms with Gasteiger partial charge in [-0.2, -0.15) is 27.9 Å². The van der Waals surface area contributed by atoms with Gasteiger partial charge in [0, 0.05) is 38.1 Å². The third-order valence-electron chi connectivity index (χ3n) is 11.2. The van der Waals surface area contributed by atoms with Crippen molar-refractivity contribution < 1.29 is 52.0 Å². The molecule has 6 atom stereocenters. The molecule has 1 unspecified atom stereocenters. The molecule has 6 heterocycles. The summed E-state index contributed by atoms with van der Waals surface area (Å²) in [5.74, 6) is -1.09. The number of alkyl halides is 3. The summed E-state index contributed by atoms with van der Waals surface area (Å²) in [7, 11) is 3.16. The van der Waals surface area contributed by atoms with E-state index in [1.807, 2.05) is 55.5 Å². The number of nitrogens with zero attached hydrogens (tertiary/aromatic N) is 10. The molecule has 0 aliphatic carbocycles. The Hall–Kier alpha value is -6.37. The summed E-state index contributed by atoms with van der Waals surface area (Å²) < 4.78 is 58.8. The molecule has 24 heteroatoms. The number of fused-ring (bicyclic) bond motifs is 1. The van der Waals surface area contributed by atoms with Gasteiger partial charge in [-0.15, -0.1) is 15.3 Å². The van der Waals surface area contributed by atoms with Crippen molar-refractivity contribution in [3.05, 3.63) is 71.8 Å². The maximum atomic E-state index is 13.5. The summed E-state index contributed by atoms with van der Waals surface area (Å²) in [5, 5.41) is 44.3. The molecule has 5 N–H and O–H groups in total. The van der Waals surface area contributed by atoms with Gasteiger partial charge in [0.15, 0.2) is 29.3 Å². The van der Waals surface area contributed by atoms with E-state index < -0.39 is 48.8 Å². The number of aryl methyl sites for hydroxylation is 1. The first-order chi connectivity index (χ1) is 30.3. The number of rotatable bonds is 13. The molecule has 2 aromatic carbocycles. The Morgan fingerprint density at radius 3 is 2.32 bits per heavy atom. The Labute approximate surface area is 357 Å².